The summed E-state index contributed by atoms with van der Waals surface area (Å²) in [5.41, 5.74) is 0. The summed E-state index contributed by atoms with van der Waals surface area (Å²) in [6, 6.07) is 4.01. The van der Waals surface area contributed by atoms with Crippen LogP contribution >= 0.6 is 11.3 Å². The zero-order valence-corrected chi connectivity index (χ0v) is 16.3. The second-order valence-corrected chi connectivity index (χ2v) is 8.66. The maximum atomic E-state index is 12.8. The summed E-state index contributed by atoms with van der Waals surface area (Å²) >= 11 is 1.61. The van der Waals surface area contributed by atoms with Crippen LogP contribution in [0.1, 0.15) is 27.9 Å². The molecule has 3 heterocycles. The van der Waals surface area contributed by atoms with Gasteiger partial charge in [0.1, 0.15) is 0 Å². The van der Waals surface area contributed by atoms with Crippen molar-refractivity contribution in [1.29, 1.82) is 0 Å². The van der Waals surface area contributed by atoms with Gasteiger partial charge in [-0.25, -0.2) is 0 Å². The molecule has 0 unspecified atom stereocenters. The molecule has 0 radical (unpaired) electrons. The Bertz CT molecular complexity index is 577. The molecule has 2 atom stereocenters. The first-order valence-corrected chi connectivity index (χ1v) is 10.3. The second-order valence-electron chi connectivity index (χ2n) is 7.49. The Kier molecular flexibility index (Phi) is 6.49. The number of hydrogen-bond donors (Lipinski definition) is 1. The van der Waals surface area contributed by atoms with Crippen molar-refractivity contribution >= 4 is 17.2 Å². The zero-order valence-electron chi connectivity index (χ0n) is 15.5. The van der Waals surface area contributed by atoms with Crippen LogP contribution in [0.15, 0.2) is 12.1 Å². The minimum absolute atomic E-state index is 0.140. The molecule has 0 saturated carbocycles. The Labute approximate surface area is 155 Å². The Morgan fingerprint density at radius 3 is 2.72 bits per heavy atom. The molecule has 2 fully saturated rings. The molecule has 0 aromatic carbocycles. The van der Waals surface area contributed by atoms with E-state index in [1.807, 2.05) is 11.0 Å². The van der Waals surface area contributed by atoms with Crippen molar-refractivity contribution in [1.82, 2.24) is 14.7 Å². The van der Waals surface area contributed by atoms with Crippen LogP contribution < -0.4 is 0 Å². The van der Waals surface area contributed by atoms with E-state index < -0.39 is 0 Å². The van der Waals surface area contributed by atoms with E-state index in [1.54, 1.807) is 11.3 Å². The van der Waals surface area contributed by atoms with Crippen molar-refractivity contribution < 1.29 is 9.90 Å². The van der Waals surface area contributed by atoms with Gasteiger partial charge in [-0.05, 0) is 51.0 Å². The second kappa shape index (κ2) is 8.62. The van der Waals surface area contributed by atoms with Gasteiger partial charge in [0, 0.05) is 50.1 Å². The van der Waals surface area contributed by atoms with Gasteiger partial charge in [-0.2, -0.15) is 0 Å². The standard InChI is InChI=1S/C19H31N3O2S/c1-3-17-5-6-18(25-17)19(24)22-12-15(16(13-22)14-23)11-21-8-4-7-20(2)9-10-21/h5-6,15-16,23H,3-4,7-14H2,1-2H3/t15-,16-/m1/s1. The first-order chi connectivity index (χ1) is 12.1. The van der Waals surface area contributed by atoms with Gasteiger partial charge in [-0.3, -0.25) is 4.79 Å². The Morgan fingerprint density at radius 2 is 2.00 bits per heavy atom. The van der Waals surface area contributed by atoms with E-state index in [0.29, 0.717) is 12.5 Å². The molecular formula is C19H31N3O2S. The molecule has 25 heavy (non-hydrogen) atoms. The number of likely N-dealkylation sites (N-methyl/N-ethyl adjacent to an activating group) is 1. The van der Waals surface area contributed by atoms with Crippen LogP contribution in [0.3, 0.4) is 0 Å². The van der Waals surface area contributed by atoms with Crippen molar-refractivity contribution in [2.24, 2.45) is 11.8 Å². The van der Waals surface area contributed by atoms with E-state index in [0.717, 1.165) is 50.6 Å². The lowest BCUT2D eigenvalue weighted by Crippen LogP contribution is -2.36. The van der Waals surface area contributed by atoms with Gasteiger partial charge in [-0.1, -0.05) is 6.92 Å². The van der Waals surface area contributed by atoms with Crippen molar-refractivity contribution in [2.45, 2.75) is 19.8 Å². The minimum atomic E-state index is 0.140. The number of hydrogen-bond acceptors (Lipinski definition) is 5. The lowest BCUT2D eigenvalue weighted by Gasteiger charge is -2.26. The fourth-order valence-corrected chi connectivity index (χ4v) is 4.89. The van der Waals surface area contributed by atoms with E-state index in [2.05, 4.69) is 29.8 Å². The average molecular weight is 366 g/mol. The molecule has 2 aliphatic heterocycles. The van der Waals surface area contributed by atoms with E-state index in [4.69, 9.17) is 0 Å². The average Bonchev–Trinajstić information content (AvgIpc) is 3.20. The third-order valence-electron chi connectivity index (χ3n) is 5.62. The molecule has 1 aromatic rings. The number of rotatable bonds is 5. The molecule has 1 N–H and O–H groups in total. The summed E-state index contributed by atoms with van der Waals surface area (Å²) in [4.78, 5) is 21.8. The molecule has 5 nitrogen and oxygen atoms in total. The highest BCUT2D eigenvalue weighted by Crippen LogP contribution is 2.28. The van der Waals surface area contributed by atoms with Crippen molar-refractivity contribution in [3.63, 3.8) is 0 Å². The van der Waals surface area contributed by atoms with Gasteiger partial charge >= 0.3 is 0 Å². The normalized spacial score (nSPS) is 26.1. The summed E-state index contributed by atoms with van der Waals surface area (Å²) in [7, 11) is 2.18. The smallest absolute Gasteiger partial charge is 0.263 e. The van der Waals surface area contributed by atoms with Crippen LogP contribution in [0, 0.1) is 11.8 Å². The quantitative estimate of drug-likeness (QED) is 0.862. The first kappa shape index (κ1) is 18.8. The molecule has 2 aliphatic rings. The number of thiophene rings is 1. The number of carbonyl (C=O) groups is 1. The van der Waals surface area contributed by atoms with Crippen molar-refractivity contribution in [3.05, 3.63) is 21.9 Å². The maximum Gasteiger partial charge on any atom is 0.263 e. The lowest BCUT2D eigenvalue weighted by molar-refractivity contribution is 0.0784. The van der Waals surface area contributed by atoms with Crippen LogP contribution in [0.25, 0.3) is 0 Å². The van der Waals surface area contributed by atoms with Crippen molar-refractivity contribution in [2.75, 3.05) is 59.5 Å². The van der Waals surface area contributed by atoms with Gasteiger partial charge < -0.3 is 19.8 Å². The number of carbonyl (C=O) groups excluding carboxylic acids is 1. The number of amides is 1. The predicted octanol–water partition coefficient (Wildman–Crippen LogP) is 1.63. The summed E-state index contributed by atoms with van der Waals surface area (Å²) in [6.07, 6.45) is 2.17. The highest BCUT2D eigenvalue weighted by atomic mass is 32.1. The fraction of sp³-hybridized carbons (Fsp3) is 0.737. The zero-order chi connectivity index (χ0) is 17.8. The van der Waals surface area contributed by atoms with Gasteiger partial charge in [-0.15, -0.1) is 11.3 Å². The molecule has 2 saturated heterocycles. The van der Waals surface area contributed by atoms with Crippen LogP contribution in [0.2, 0.25) is 0 Å². The Balaban J connectivity index is 1.60. The van der Waals surface area contributed by atoms with Crippen LogP contribution in [-0.2, 0) is 6.42 Å². The van der Waals surface area contributed by atoms with E-state index in [9.17, 15) is 9.90 Å². The Hall–Kier alpha value is -0.950. The van der Waals surface area contributed by atoms with Crippen LogP contribution in [0.5, 0.6) is 0 Å². The molecule has 6 heteroatoms. The maximum absolute atomic E-state index is 12.8. The van der Waals surface area contributed by atoms with Crippen LogP contribution in [0.4, 0.5) is 0 Å². The molecular weight excluding hydrogens is 334 g/mol. The monoisotopic (exact) mass is 365 g/mol. The van der Waals surface area contributed by atoms with Gasteiger partial charge in [0.2, 0.25) is 0 Å². The number of aryl methyl sites for hydroxylation is 1. The summed E-state index contributed by atoms with van der Waals surface area (Å²) in [5, 5.41) is 9.81. The van der Waals surface area contributed by atoms with Crippen LogP contribution in [-0.4, -0.2) is 85.2 Å². The summed E-state index contributed by atoms with van der Waals surface area (Å²) < 4.78 is 0. The molecule has 0 bridgehead atoms. The number of aliphatic hydroxyl groups is 1. The molecule has 0 spiro atoms. The topological polar surface area (TPSA) is 47.0 Å². The predicted molar refractivity (Wildman–Crippen MR) is 102 cm³/mol. The fourth-order valence-electron chi connectivity index (χ4n) is 3.97. The van der Waals surface area contributed by atoms with Gasteiger partial charge in [0.05, 0.1) is 4.88 Å². The highest BCUT2D eigenvalue weighted by Gasteiger charge is 2.36. The molecule has 3 rings (SSSR count). The molecule has 1 aromatic heterocycles. The number of likely N-dealkylation sites (tertiary alicyclic amines) is 1. The first-order valence-electron chi connectivity index (χ1n) is 9.50. The number of aliphatic hydroxyl groups excluding tert-OH is 1. The van der Waals surface area contributed by atoms with E-state index >= 15 is 0 Å². The van der Waals surface area contributed by atoms with E-state index in [-0.39, 0.29) is 18.4 Å². The molecule has 140 valence electrons. The third kappa shape index (κ3) is 4.61. The number of nitrogens with zero attached hydrogens (tertiary/aromatic N) is 3. The third-order valence-corrected chi connectivity index (χ3v) is 6.84. The minimum Gasteiger partial charge on any atom is -0.396 e. The van der Waals surface area contributed by atoms with Gasteiger partial charge in [0.25, 0.3) is 5.91 Å². The largest absolute Gasteiger partial charge is 0.396 e. The summed E-state index contributed by atoms with van der Waals surface area (Å²) in [6.45, 7) is 9.22. The lowest BCUT2D eigenvalue weighted by atomic mass is 9.96. The van der Waals surface area contributed by atoms with Gasteiger partial charge in [0.15, 0.2) is 0 Å². The molecule has 1 amide bonds. The molecule has 0 aliphatic carbocycles. The van der Waals surface area contributed by atoms with E-state index in [1.165, 1.54) is 11.3 Å². The SMILES string of the molecule is CCc1ccc(C(=O)N2C[C@@H](CN3CCCN(C)CC3)[C@@H](CO)C2)s1. The van der Waals surface area contributed by atoms with Crippen molar-refractivity contribution in [3.8, 4) is 0 Å². The Morgan fingerprint density at radius 1 is 1.20 bits per heavy atom. The summed E-state index contributed by atoms with van der Waals surface area (Å²) in [5.74, 6) is 0.722. The highest BCUT2D eigenvalue weighted by molar-refractivity contribution is 7.14.